The van der Waals surface area contributed by atoms with Crippen LogP contribution in [0, 0.1) is 0 Å². The zero-order chi connectivity index (χ0) is 15.0. The first-order valence-corrected chi connectivity index (χ1v) is 7.88. The summed E-state index contributed by atoms with van der Waals surface area (Å²) >= 11 is 1.46. The smallest absolute Gasteiger partial charge is 0.329 e. The first-order chi connectivity index (χ1) is 9.56. The number of aliphatic carboxylic acids is 1. The van der Waals surface area contributed by atoms with Crippen molar-refractivity contribution in [3.63, 3.8) is 0 Å². The van der Waals surface area contributed by atoms with Crippen molar-refractivity contribution >= 4 is 17.7 Å². The molecular formula is C15H23NO3S. The Morgan fingerprint density at radius 3 is 2.55 bits per heavy atom. The molecule has 0 aliphatic heterocycles. The lowest BCUT2D eigenvalue weighted by molar-refractivity contribution is -0.144. The summed E-state index contributed by atoms with van der Waals surface area (Å²) < 4.78 is 0. The van der Waals surface area contributed by atoms with Gasteiger partial charge in [-0.1, -0.05) is 44.2 Å². The highest BCUT2D eigenvalue weighted by atomic mass is 32.2. The third-order valence-electron chi connectivity index (χ3n) is 3.15. The molecule has 2 unspecified atom stereocenters. The Bertz CT molecular complexity index is 413. The van der Waals surface area contributed by atoms with Crippen LogP contribution >= 0.6 is 11.8 Å². The van der Waals surface area contributed by atoms with Crippen molar-refractivity contribution in [3.05, 3.63) is 35.9 Å². The largest absolute Gasteiger partial charge is 0.480 e. The summed E-state index contributed by atoms with van der Waals surface area (Å²) in [4.78, 5) is 11.9. The number of aliphatic hydroxyl groups excluding tert-OH is 1. The summed E-state index contributed by atoms with van der Waals surface area (Å²) in [6.45, 7) is 4.58. The van der Waals surface area contributed by atoms with Crippen molar-refractivity contribution in [1.82, 2.24) is 5.32 Å². The quantitative estimate of drug-likeness (QED) is 0.651. The molecule has 0 saturated carbocycles. The number of carboxylic acid groups (broad SMARTS) is 1. The fourth-order valence-electron chi connectivity index (χ4n) is 1.88. The van der Waals surface area contributed by atoms with Gasteiger partial charge < -0.3 is 10.2 Å². The van der Waals surface area contributed by atoms with Crippen LogP contribution in [0.25, 0.3) is 0 Å². The summed E-state index contributed by atoms with van der Waals surface area (Å²) in [7, 11) is 0. The maximum Gasteiger partial charge on any atom is 0.329 e. The van der Waals surface area contributed by atoms with Gasteiger partial charge in [0.15, 0.2) is 5.54 Å². The molecule has 20 heavy (non-hydrogen) atoms. The van der Waals surface area contributed by atoms with Gasteiger partial charge in [-0.05, 0) is 18.5 Å². The maximum absolute atomic E-state index is 11.9. The Morgan fingerprint density at radius 1 is 1.40 bits per heavy atom. The number of rotatable bonds is 9. The van der Waals surface area contributed by atoms with Crippen LogP contribution < -0.4 is 5.32 Å². The molecule has 0 aliphatic carbocycles. The van der Waals surface area contributed by atoms with E-state index in [0.717, 1.165) is 12.0 Å². The van der Waals surface area contributed by atoms with Crippen molar-refractivity contribution in [1.29, 1.82) is 0 Å². The van der Waals surface area contributed by atoms with Gasteiger partial charge in [0.2, 0.25) is 0 Å². The molecule has 4 nitrogen and oxygen atoms in total. The van der Waals surface area contributed by atoms with Gasteiger partial charge in [-0.25, -0.2) is 4.79 Å². The monoisotopic (exact) mass is 297 g/mol. The minimum Gasteiger partial charge on any atom is -0.480 e. The first-order valence-electron chi connectivity index (χ1n) is 6.83. The van der Waals surface area contributed by atoms with E-state index in [9.17, 15) is 9.90 Å². The molecule has 0 spiro atoms. The zero-order valence-electron chi connectivity index (χ0n) is 12.0. The molecule has 1 rings (SSSR count). The molecular weight excluding hydrogens is 274 g/mol. The lowest BCUT2D eigenvalue weighted by Gasteiger charge is -2.31. The minimum atomic E-state index is -1.11. The van der Waals surface area contributed by atoms with Gasteiger partial charge in [-0.2, -0.15) is 11.8 Å². The molecule has 1 aromatic carbocycles. The second-order valence-electron chi connectivity index (χ2n) is 4.81. The summed E-state index contributed by atoms with van der Waals surface area (Å²) in [6, 6.07) is 9.24. The highest BCUT2D eigenvalue weighted by Crippen LogP contribution is 2.28. The van der Waals surface area contributed by atoms with E-state index in [1.807, 2.05) is 44.2 Å². The molecule has 0 fully saturated rings. The number of aliphatic hydroxyl groups is 1. The highest BCUT2D eigenvalue weighted by Gasteiger charge is 2.40. The molecule has 0 saturated heterocycles. The number of carboxylic acids is 1. The third-order valence-corrected chi connectivity index (χ3v) is 4.47. The van der Waals surface area contributed by atoms with Crippen molar-refractivity contribution in [3.8, 4) is 0 Å². The molecule has 0 aliphatic rings. The summed E-state index contributed by atoms with van der Waals surface area (Å²) in [5.41, 5.74) is -0.357. The molecule has 3 N–H and O–H groups in total. The van der Waals surface area contributed by atoms with Crippen LogP contribution in [0.15, 0.2) is 30.3 Å². The lowest BCUT2D eigenvalue weighted by atomic mass is 9.91. The number of benzene rings is 1. The minimum absolute atomic E-state index is 0.0147. The maximum atomic E-state index is 11.9. The van der Waals surface area contributed by atoms with Crippen LogP contribution in [0.3, 0.4) is 0 Å². The van der Waals surface area contributed by atoms with Gasteiger partial charge in [0.25, 0.3) is 0 Å². The standard InChI is InChI=1S/C15H23NO3S/c1-3-9-16-15(14(18)19,11-20-12(2)10-17)13-7-5-4-6-8-13/h4-8,12,16-17H,3,9-11H2,1-2H3,(H,18,19). The van der Waals surface area contributed by atoms with E-state index in [4.69, 9.17) is 5.11 Å². The Labute approximate surface area is 124 Å². The SMILES string of the molecule is CCCNC(CSC(C)CO)(C(=O)O)c1ccccc1. The third kappa shape index (κ3) is 4.23. The lowest BCUT2D eigenvalue weighted by Crippen LogP contribution is -2.52. The fourth-order valence-corrected chi connectivity index (χ4v) is 2.91. The van der Waals surface area contributed by atoms with Crippen LogP contribution in [-0.4, -0.2) is 40.3 Å². The molecule has 0 amide bonds. The molecule has 0 heterocycles. The van der Waals surface area contributed by atoms with Gasteiger partial charge in [-0.3, -0.25) is 5.32 Å². The van der Waals surface area contributed by atoms with Gasteiger partial charge in [-0.15, -0.1) is 0 Å². The van der Waals surface area contributed by atoms with E-state index in [0.29, 0.717) is 12.3 Å². The average Bonchev–Trinajstić information content (AvgIpc) is 2.48. The molecule has 1 aromatic rings. The van der Waals surface area contributed by atoms with Crippen molar-refractivity contribution in [2.24, 2.45) is 0 Å². The number of thioether (sulfide) groups is 1. The number of hydrogen-bond donors (Lipinski definition) is 3. The second kappa shape index (κ2) is 8.29. The van der Waals surface area contributed by atoms with Gasteiger partial charge in [0.1, 0.15) is 0 Å². The molecule has 0 bridgehead atoms. The molecule has 0 radical (unpaired) electrons. The molecule has 2 atom stereocenters. The fraction of sp³-hybridized carbons (Fsp3) is 0.533. The van der Waals surface area contributed by atoms with Crippen molar-refractivity contribution in [2.75, 3.05) is 18.9 Å². The van der Waals surface area contributed by atoms with E-state index in [1.54, 1.807) is 0 Å². The Hall–Kier alpha value is -1.04. The Balaban J connectivity index is 3.04. The van der Waals surface area contributed by atoms with Crippen LogP contribution in [0.2, 0.25) is 0 Å². The van der Waals surface area contributed by atoms with Crippen LogP contribution in [0.5, 0.6) is 0 Å². The summed E-state index contributed by atoms with van der Waals surface area (Å²) in [5.74, 6) is -0.497. The Kier molecular flexibility index (Phi) is 7.05. The highest BCUT2D eigenvalue weighted by molar-refractivity contribution is 8.00. The molecule has 112 valence electrons. The van der Waals surface area contributed by atoms with Gasteiger partial charge >= 0.3 is 5.97 Å². The zero-order valence-corrected chi connectivity index (χ0v) is 12.8. The Morgan fingerprint density at radius 2 is 2.05 bits per heavy atom. The average molecular weight is 297 g/mol. The summed E-state index contributed by atoms with van der Waals surface area (Å²) in [6.07, 6.45) is 0.863. The van der Waals surface area contributed by atoms with Crippen molar-refractivity contribution in [2.45, 2.75) is 31.1 Å². The van der Waals surface area contributed by atoms with Gasteiger partial charge in [0.05, 0.1) is 6.61 Å². The normalized spacial score (nSPS) is 15.6. The number of carbonyl (C=O) groups is 1. The second-order valence-corrected chi connectivity index (χ2v) is 6.23. The molecule has 0 aromatic heterocycles. The number of nitrogens with one attached hydrogen (secondary N) is 1. The predicted octanol–water partition coefficient (Wildman–Crippen LogP) is 2.08. The van der Waals surface area contributed by atoms with Crippen LogP contribution in [0.4, 0.5) is 0 Å². The molecule has 5 heteroatoms. The van der Waals surface area contributed by atoms with E-state index in [2.05, 4.69) is 5.32 Å². The number of hydrogen-bond acceptors (Lipinski definition) is 4. The van der Waals surface area contributed by atoms with E-state index >= 15 is 0 Å². The van der Waals surface area contributed by atoms with E-state index in [1.165, 1.54) is 11.8 Å². The van der Waals surface area contributed by atoms with E-state index < -0.39 is 11.5 Å². The van der Waals surface area contributed by atoms with Crippen LogP contribution in [-0.2, 0) is 10.3 Å². The topological polar surface area (TPSA) is 69.6 Å². The predicted molar refractivity (Wildman–Crippen MR) is 83.1 cm³/mol. The van der Waals surface area contributed by atoms with Crippen LogP contribution in [0.1, 0.15) is 25.8 Å². The van der Waals surface area contributed by atoms with E-state index in [-0.39, 0.29) is 11.9 Å². The first kappa shape index (κ1) is 17.0. The summed E-state index contributed by atoms with van der Waals surface area (Å²) in [5, 5.41) is 22.1. The van der Waals surface area contributed by atoms with Crippen molar-refractivity contribution < 1.29 is 15.0 Å². The van der Waals surface area contributed by atoms with Gasteiger partial charge in [0, 0.05) is 11.0 Å².